The van der Waals surface area contributed by atoms with Gasteiger partial charge in [0.15, 0.2) is 0 Å². The molecule has 0 radical (unpaired) electrons. The minimum atomic E-state index is -3.35. The summed E-state index contributed by atoms with van der Waals surface area (Å²) >= 11 is 0. The molecule has 0 saturated carbocycles. The van der Waals surface area contributed by atoms with Crippen molar-refractivity contribution in [3.05, 3.63) is 116 Å². The second kappa shape index (κ2) is 10.1. The molecule has 33 heavy (non-hydrogen) atoms. The van der Waals surface area contributed by atoms with Gasteiger partial charge in [0, 0.05) is 38.8 Å². The van der Waals surface area contributed by atoms with E-state index in [1.165, 1.54) is 0 Å². The maximum absolute atomic E-state index is 14.8. The Morgan fingerprint density at radius 2 is 0.939 bits per heavy atom. The van der Waals surface area contributed by atoms with Crippen LogP contribution in [0.5, 0.6) is 0 Å². The van der Waals surface area contributed by atoms with E-state index in [0.29, 0.717) is 27.6 Å². The van der Waals surface area contributed by atoms with Crippen molar-refractivity contribution in [3.8, 4) is 22.8 Å². The molecule has 4 heterocycles. The zero-order valence-electron chi connectivity index (χ0n) is 17.4. The molecule has 4 aromatic heterocycles. The number of aromatic nitrogens is 4. The molecule has 0 bridgehead atoms. The van der Waals surface area contributed by atoms with E-state index in [2.05, 4.69) is 9.97 Å². The number of rotatable bonds is 5. The average molecular weight is 630 g/mol. The molecule has 0 atom stereocenters. The number of pyridine rings is 4. The van der Waals surface area contributed by atoms with Crippen molar-refractivity contribution < 1.29 is 25.6 Å². The fraction of sp³-hybridized carbons (Fsp3) is 0. The minimum absolute atomic E-state index is 0. The molecule has 0 amide bonds. The van der Waals surface area contributed by atoms with Crippen LogP contribution in [0.2, 0.25) is 0 Å². The Bertz CT molecular complexity index is 1310. The molecule has 0 N–H and O–H groups in total. The third-order valence-corrected chi connectivity index (χ3v) is 7.90. The number of nitrogens with zero attached hydrogens (tertiary/aromatic N) is 4. The topological polar surface area (TPSA) is 68.6 Å². The van der Waals surface area contributed by atoms with E-state index in [0.717, 1.165) is 11.4 Å². The van der Waals surface area contributed by atoms with E-state index in [9.17, 15) is 4.57 Å². The number of hydrogen-bond donors (Lipinski definition) is 0. The first-order valence-electron chi connectivity index (χ1n) is 10.2. The molecule has 5 aromatic rings. The zero-order chi connectivity index (χ0) is 21.8. The molecule has 0 aliphatic carbocycles. The van der Waals surface area contributed by atoms with E-state index < -0.39 is 7.14 Å². The summed E-state index contributed by atoms with van der Waals surface area (Å²) in [6, 6.07) is 31.8. The Morgan fingerprint density at radius 3 is 1.39 bits per heavy atom. The van der Waals surface area contributed by atoms with E-state index in [1.54, 1.807) is 24.5 Å². The van der Waals surface area contributed by atoms with Crippen LogP contribution in [0.4, 0.5) is 0 Å². The molecule has 5 nitrogen and oxygen atoms in total. The van der Waals surface area contributed by atoms with Crippen molar-refractivity contribution in [2.45, 2.75) is 0 Å². The van der Waals surface area contributed by atoms with Crippen molar-refractivity contribution in [1.82, 2.24) is 19.9 Å². The summed E-state index contributed by atoms with van der Waals surface area (Å²) in [4.78, 5) is 18.4. The third-order valence-electron chi connectivity index (χ3n) is 5.09. The second-order valence-electron chi connectivity index (χ2n) is 7.14. The van der Waals surface area contributed by atoms with Crippen LogP contribution in [0.25, 0.3) is 22.8 Å². The van der Waals surface area contributed by atoms with Crippen LogP contribution in [0.3, 0.4) is 0 Å². The maximum Gasteiger partial charge on any atom is 0.206 e. The minimum Gasteiger partial charge on any atom is -0.305 e. The monoisotopic (exact) mass is 629 g/mol. The average Bonchev–Trinajstić information content (AvgIpc) is 2.90. The quantitative estimate of drug-likeness (QED) is 0.273. The van der Waals surface area contributed by atoms with Gasteiger partial charge in [-0.1, -0.05) is 54.6 Å². The molecule has 0 fully saturated rings. The first-order valence-corrected chi connectivity index (χ1v) is 11.9. The van der Waals surface area contributed by atoms with Gasteiger partial charge in [0.2, 0.25) is 7.14 Å². The van der Waals surface area contributed by atoms with Gasteiger partial charge in [-0.05, 0) is 48.5 Å². The first kappa shape index (κ1) is 22.9. The van der Waals surface area contributed by atoms with Gasteiger partial charge in [-0.15, -0.1) is 0 Å². The van der Waals surface area contributed by atoms with E-state index in [-0.39, 0.29) is 21.1 Å². The smallest absolute Gasteiger partial charge is 0.206 e. The van der Waals surface area contributed by atoms with E-state index >= 15 is 0 Å². The SMILES string of the molecule is O=P(c1ccccc1)(c1cccc(-c2ccccn2)n1)c1cccc(-c2ccccn2)n1.[Pt]. The van der Waals surface area contributed by atoms with Crippen LogP contribution in [0, 0.1) is 0 Å². The fourth-order valence-corrected chi connectivity index (χ4v) is 5.98. The summed E-state index contributed by atoms with van der Waals surface area (Å²) < 4.78 is 14.8. The van der Waals surface area contributed by atoms with Gasteiger partial charge in [0.05, 0.1) is 22.8 Å². The normalized spacial score (nSPS) is 10.9. The van der Waals surface area contributed by atoms with Crippen LogP contribution >= 0.6 is 7.14 Å². The molecule has 0 aliphatic rings. The predicted octanol–water partition coefficient (Wildman–Crippen LogP) is 4.24. The molecule has 7 heteroatoms. The van der Waals surface area contributed by atoms with Gasteiger partial charge in [-0.3, -0.25) is 9.97 Å². The van der Waals surface area contributed by atoms with Crippen molar-refractivity contribution in [1.29, 1.82) is 0 Å². The molecule has 164 valence electrons. The Morgan fingerprint density at radius 1 is 0.485 bits per heavy atom. The molecule has 5 rings (SSSR count). The summed E-state index contributed by atoms with van der Waals surface area (Å²) in [5.41, 5.74) is 3.73. The Kier molecular flexibility index (Phi) is 7.03. The molecule has 0 saturated heterocycles. The molecule has 0 spiro atoms. The van der Waals surface area contributed by atoms with Crippen LogP contribution in [0.1, 0.15) is 0 Å². The van der Waals surface area contributed by atoms with E-state index in [4.69, 9.17) is 9.97 Å². The van der Waals surface area contributed by atoms with Gasteiger partial charge in [-0.2, -0.15) is 0 Å². The summed E-state index contributed by atoms with van der Waals surface area (Å²) in [7, 11) is -3.35. The van der Waals surface area contributed by atoms with Gasteiger partial charge in [0.25, 0.3) is 0 Å². The van der Waals surface area contributed by atoms with Crippen molar-refractivity contribution in [2.24, 2.45) is 0 Å². The van der Waals surface area contributed by atoms with Crippen molar-refractivity contribution in [3.63, 3.8) is 0 Å². The Labute approximate surface area is 206 Å². The van der Waals surface area contributed by atoms with Crippen LogP contribution in [-0.2, 0) is 25.6 Å². The van der Waals surface area contributed by atoms with Crippen molar-refractivity contribution >= 4 is 23.3 Å². The number of benzene rings is 1. The fourth-order valence-electron chi connectivity index (χ4n) is 3.53. The third kappa shape index (κ3) is 4.61. The van der Waals surface area contributed by atoms with Crippen LogP contribution in [-0.4, -0.2) is 19.9 Å². The van der Waals surface area contributed by atoms with Gasteiger partial charge >= 0.3 is 0 Å². The molecular weight excluding hydrogens is 610 g/mol. The maximum atomic E-state index is 14.8. The molecule has 0 unspecified atom stereocenters. The molecule has 0 aliphatic heterocycles. The second-order valence-corrected chi connectivity index (χ2v) is 9.79. The van der Waals surface area contributed by atoms with Gasteiger partial charge in [-0.25, -0.2) is 9.97 Å². The largest absolute Gasteiger partial charge is 0.305 e. The number of hydrogen-bond acceptors (Lipinski definition) is 5. The zero-order valence-corrected chi connectivity index (χ0v) is 20.6. The summed E-state index contributed by atoms with van der Waals surface area (Å²) in [5.74, 6) is 0. The summed E-state index contributed by atoms with van der Waals surface area (Å²) in [6.45, 7) is 0. The molecule has 1 aromatic carbocycles. The van der Waals surface area contributed by atoms with Crippen LogP contribution in [0.15, 0.2) is 116 Å². The standard InChI is InChI=1S/C26H19N4OP.Pt/c31-32(20-10-2-1-3-11-20,25-16-8-14-23(29-25)21-12-4-6-18-27-21)26-17-9-15-24(30-26)22-13-5-7-19-28-22;/h1-19H;. The first-order chi connectivity index (χ1) is 15.7. The Balaban J connectivity index is 0.00000259. The summed E-state index contributed by atoms with van der Waals surface area (Å²) in [6.07, 6.45) is 3.44. The van der Waals surface area contributed by atoms with E-state index in [1.807, 2.05) is 91.0 Å². The van der Waals surface area contributed by atoms with Crippen LogP contribution < -0.4 is 16.2 Å². The summed E-state index contributed by atoms with van der Waals surface area (Å²) in [5, 5.41) is 0.677. The Hall–Kier alpha value is -3.26. The van der Waals surface area contributed by atoms with Gasteiger partial charge < -0.3 is 4.57 Å². The van der Waals surface area contributed by atoms with Gasteiger partial charge in [0.1, 0.15) is 10.9 Å². The predicted molar refractivity (Wildman–Crippen MR) is 128 cm³/mol. The molecular formula is C26H19N4OPPt. The van der Waals surface area contributed by atoms with Crippen molar-refractivity contribution in [2.75, 3.05) is 0 Å².